The van der Waals surface area contributed by atoms with E-state index in [0.29, 0.717) is 5.69 Å². The van der Waals surface area contributed by atoms with E-state index in [4.69, 9.17) is 0 Å². The van der Waals surface area contributed by atoms with Crippen LogP contribution in [0.25, 0.3) is 0 Å². The van der Waals surface area contributed by atoms with Gasteiger partial charge in [0.1, 0.15) is 6.54 Å². The van der Waals surface area contributed by atoms with Crippen LogP contribution in [0.15, 0.2) is 54.6 Å². The predicted octanol–water partition coefficient (Wildman–Crippen LogP) is 2.97. The third kappa shape index (κ3) is 2.05. The summed E-state index contributed by atoms with van der Waals surface area (Å²) in [7, 11) is 0. The molecule has 0 radical (unpaired) electrons. The van der Waals surface area contributed by atoms with Gasteiger partial charge in [0.2, 0.25) is 0 Å². The van der Waals surface area contributed by atoms with Crippen molar-refractivity contribution >= 4 is 23.3 Å². The first-order valence-corrected chi connectivity index (χ1v) is 6.43. The molecule has 2 aromatic rings. The summed E-state index contributed by atoms with van der Waals surface area (Å²) >= 11 is 0. The zero-order chi connectivity index (χ0) is 14.1. The monoisotopic (exact) mass is 266 g/mol. The number of hydrogen-bond donors (Lipinski definition) is 0. The van der Waals surface area contributed by atoms with Crippen LogP contribution in [0.3, 0.4) is 0 Å². The van der Waals surface area contributed by atoms with Gasteiger partial charge >= 0.3 is 6.03 Å². The molecule has 1 aliphatic rings. The highest BCUT2D eigenvalue weighted by molar-refractivity contribution is 6.26. The molecular formula is C16H14N2O2. The van der Waals surface area contributed by atoms with Gasteiger partial charge in [0.15, 0.2) is 0 Å². The molecule has 0 spiro atoms. The van der Waals surface area contributed by atoms with Gasteiger partial charge in [-0.2, -0.15) is 0 Å². The maximum absolute atomic E-state index is 12.4. The number of nitrogens with zero attached hydrogens (tertiary/aromatic N) is 2. The molecule has 3 amide bonds. The second kappa shape index (κ2) is 4.81. The molecule has 4 heteroatoms. The molecule has 1 heterocycles. The zero-order valence-electron chi connectivity index (χ0n) is 11.1. The van der Waals surface area contributed by atoms with Crippen molar-refractivity contribution in [3.8, 4) is 0 Å². The Labute approximate surface area is 117 Å². The van der Waals surface area contributed by atoms with Gasteiger partial charge in [0.25, 0.3) is 5.91 Å². The maximum atomic E-state index is 12.4. The normalized spacial score (nSPS) is 15.1. The van der Waals surface area contributed by atoms with Gasteiger partial charge in [-0.15, -0.1) is 0 Å². The highest BCUT2D eigenvalue weighted by Crippen LogP contribution is 2.25. The summed E-state index contributed by atoms with van der Waals surface area (Å²) in [6.45, 7) is 2.06. The Morgan fingerprint density at radius 2 is 1.50 bits per heavy atom. The number of para-hydroxylation sites is 1. The maximum Gasteiger partial charge on any atom is 0.336 e. The Morgan fingerprint density at radius 1 is 0.850 bits per heavy atom. The van der Waals surface area contributed by atoms with Crippen molar-refractivity contribution in [1.82, 2.24) is 0 Å². The van der Waals surface area contributed by atoms with E-state index in [9.17, 15) is 9.59 Å². The molecule has 0 aromatic heterocycles. The van der Waals surface area contributed by atoms with Crippen molar-refractivity contribution in [1.29, 1.82) is 0 Å². The zero-order valence-corrected chi connectivity index (χ0v) is 11.1. The van der Waals surface area contributed by atoms with E-state index in [2.05, 4.69) is 0 Å². The topological polar surface area (TPSA) is 40.6 Å². The number of aryl methyl sites for hydroxylation is 1. The molecule has 0 bridgehead atoms. The molecule has 0 atom stereocenters. The van der Waals surface area contributed by atoms with Gasteiger partial charge in [0, 0.05) is 5.69 Å². The minimum absolute atomic E-state index is 0.0801. The Balaban J connectivity index is 1.93. The Bertz CT molecular complexity index is 650. The molecule has 1 aliphatic heterocycles. The van der Waals surface area contributed by atoms with Crippen LogP contribution < -0.4 is 9.80 Å². The summed E-state index contributed by atoms with van der Waals surface area (Å²) in [4.78, 5) is 27.2. The summed E-state index contributed by atoms with van der Waals surface area (Å²) in [6, 6.07) is 16.3. The van der Waals surface area contributed by atoms with Gasteiger partial charge in [0.05, 0.1) is 5.69 Å². The molecule has 0 saturated carbocycles. The summed E-state index contributed by atoms with van der Waals surface area (Å²) in [5, 5.41) is 0. The smallest absolute Gasteiger partial charge is 0.284 e. The van der Waals surface area contributed by atoms with Crippen LogP contribution >= 0.6 is 0 Å². The number of hydrogen-bond acceptors (Lipinski definition) is 2. The van der Waals surface area contributed by atoms with E-state index in [1.807, 2.05) is 49.4 Å². The first-order chi connectivity index (χ1) is 9.66. The van der Waals surface area contributed by atoms with Crippen molar-refractivity contribution in [2.45, 2.75) is 6.92 Å². The number of carbonyl (C=O) groups excluding carboxylic acids is 2. The molecular weight excluding hydrogens is 252 g/mol. The van der Waals surface area contributed by atoms with Gasteiger partial charge in [-0.25, -0.2) is 9.69 Å². The predicted molar refractivity (Wildman–Crippen MR) is 77.8 cm³/mol. The lowest BCUT2D eigenvalue weighted by molar-refractivity contribution is -0.115. The molecule has 1 saturated heterocycles. The molecule has 1 fully saturated rings. The average molecular weight is 266 g/mol. The van der Waals surface area contributed by atoms with Gasteiger partial charge in [-0.3, -0.25) is 9.69 Å². The lowest BCUT2D eigenvalue weighted by atomic mass is 10.2. The number of carbonyl (C=O) groups is 2. The van der Waals surface area contributed by atoms with E-state index in [1.54, 1.807) is 12.1 Å². The molecule has 4 nitrogen and oxygen atoms in total. The van der Waals surface area contributed by atoms with Crippen LogP contribution in [0.1, 0.15) is 5.56 Å². The Kier molecular flexibility index (Phi) is 2.99. The van der Waals surface area contributed by atoms with Crippen molar-refractivity contribution in [2.24, 2.45) is 0 Å². The van der Waals surface area contributed by atoms with E-state index in [1.165, 1.54) is 9.80 Å². The fourth-order valence-corrected chi connectivity index (χ4v) is 2.26. The lowest BCUT2D eigenvalue weighted by Crippen LogP contribution is -2.32. The summed E-state index contributed by atoms with van der Waals surface area (Å²) in [5.41, 5.74) is 2.47. The Morgan fingerprint density at radius 3 is 2.15 bits per heavy atom. The van der Waals surface area contributed by atoms with Crippen LogP contribution in [0, 0.1) is 6.92 Å². The standard InChI is InChI=1S/C16H14N2O2/c1-12-7-9-13(10-8-12)17-11-15(19)18(16(17)20)14-5-3-2-4-6-14/h2-10H,11H2,1H3. The van der Waals surface area contributed by atoms with Crippen LogP contribution in [-0.4, -0.2) is 18.5 Å². The van der Waals surface area contributed by atoms with Gasteiger partial charge in [-0.05, 0) is 31.2 Å². The largest absolute Gasteiger partial charge is 0.336 e. The number of rotatable bonds is 2. The van der Waals surface area contributed by atoms with E-state index in [-0.39, 0.29) is 18.5 Å². The number of anilines is 2. The van der Waals surface area contributed by atoms with E-state index < -0.39 is 0 Å². The number of imide groups is 1. The second-order valence-corrected chi connectivity index (χ2v) is 4.77. The van der Waals surface area contributed by atoms with Crippen LogP contribution in [0.4, 0.5) is 16.2 Å². The quantitative estimate of drug-likeness (QED) is 0.784. The van der Waals surface area contributed by atoms with Gasteiger partial charge < -0.3 is 0 Å². The molecule has 0 unspecified atom stereocenters. The number of benzene rings is 2. The summed E-state index contributed by atoms with van der Waals surface area (Å²) in [5.74, 6) is -0.207. The molecule has 0 N–H and O–H groups in total. The summed E-state index contributed by atoms with van der Waals surface area (Å²) in [6.07, 6.45) is 0. The Hall–Kier alpha value is -2.62. The van der Waals surface area contributed by atoms with Crippen molar-refractivity contribution in [3.05, 3.63) is 60.2 Å². The molecule has 20 heavy (non-hydrogen) atoms. The molecule has 100 valence electrons. The second-order valence-electron chi connectivity index (χ2n) is 4.77. The van der Waals surface area contributed by atoms with Crippen molar-refractivity contribution in [3.63, 3.8) is 0 Å². The fourth-order valence-electron chi connectivity index (χ4n) is 2.26. The molecule has 0 aliphatic carbocycles. The first kappa shape index (κ1) is 12.4. The highest BCUT2D eigenvalue weighted by atomic mass is 16.2. The molecule has 2 aromatic carbocycles. The minimum atomic E-state index is -0.301. The highest BCUT2D eigenvalue weighted by Gasteiger charge is 2.37. The van der Waals surface area contributed by atoms with E-state index in [0.717, 1.165) is 11.3 Å². The lowest BCUT2D eigenvalue weighted by Gasteiger charge is -2.17. The molecule has 3 rings (SSSR count). The van der Waals surface area contributed by atoms with Crippen LogP contribution in [0.5, 0.6) is 0 Å². The third-order valence-corrected chi connectivity index (χ3v) is 3.33. The number of amides is 3. The van der Waals surface area contributed by atoms with Gasteiger partial charge in [-0.1, -0.05) is 35.9 Å². The van der Waals surface area contributed by atoms with Crippen molar-refractivity contribution < 1.29 is 9.59 Å². The fraction of sp³-hybridized carbons (Fsp3) is 0.125. The van der Waals surface area contributed by atoms with Crippen molar-refractivity contribution in [2.75, 3.05) is 16.3 Å². The van der Waals surface area contributed by atoms with E-state index >= 15 is 0 Å². The SMILES string of the molecule is Cc1ccc(N2CC(=O)N(c3ccccc3)C2=O)cc1. The minimum Gasteiger partial charge on any atom is -0.284 e. The number of urea groups is 1. The van der Waals surface area contributed by atoms with Crippen LogP contribution in [-0.2, 0) is 4.79 Å². The summed E-state index contributed by atoms with van der Waals surface area (Å²) < 4.78 is 0. The van der Waals surface area contributed by atoms with Crippen LogP contribution in [0.2, 0.25) is 0 Å². The first-order valence-electron chi connectivity index (χ1n) is 6.43. The third-order valence-electron chi connectivity index (χ3n) is 3.33. The average Bonchev–Trinajstić information content (AvgIpc) is 2.76.